The van der Waals surface area contributed by atoms with E-state index in [4.69, 9.17) is 0 Å². The van der Waals surface area contributed by atoms with E-state index in [-0.39, 0.29) is 35.0 Å². The van der Waals surface area contributed by atoms with E-state index in [1.54, 1.807) is 6.07 Å². The van der Waals surface area contributed by atoms with E-state index in [0.717, 1.165) is 0 Å². The third-order valence-corrected chi connectivity index (χ3v) is 4.12. The van der Waals surface area contributed by atoms with Crippen molar-refractivity contribution < 1.29 is 17.9 Å². The first-order valence-corrected chi connectivity index (χ1v) is 8.06. The van der Waals surface area contributed by atoms with Crippen LogP contribution >= 0.6 is 0 Å². The summed E-state index contributed by atoms with van der Waals surface area (Å²) >= 11 is 0. The Kier molecular flexibility index (Phi) is 4.06. The van der Waals surface area contributed by atoms with Crippen molar-refractivity contribution in [3.05, 3.63) is 76.0 Å². The molecule has 1 aromatic carbocycles. The summed E-state index contributed by atoms with van der Waals surface area (Å²) in [6.45, 7) is 0. The summed E-state index contributed by atoms with van der Waals surface area (Å²) in [5.74, 6) is -0.195. The number of para-hydroxylation sites is 1. The number of fused-ring (bicyclic) bond motifs is 1. The number of nitrogens with zero attached hydrogens (tertiary/aromatic N) is 2. The van der Waals surface area contributed by atoms with E-state index in [0.29, 0.717) is 11.2 Å². The molecule has 2 aromatic heterocycles. The molecular weight excluding hydrogens is 361 g/mol. The van der Waals surface area contributed by atoms with Crippen LogP contribution in [-0.4, -0.2) is 26.5 Å². The van der Waals surface area contributed by atoms with Gasteiger partial charge in [0.15, 0.2) is 5.52 Å². The number of allylic oxidation sites excluding steroid dienone is 4. The number of hydrogen-bond donors (Lipinski definition) is 2. The van der Waals surface area contributed by atoms with E-state index in [2.05, 4.69) is 24.9 Å². The van der Waals surface area contributed by atoms with Crippen LogP contribution in [0.15, 0.2) is 53.4 Å². The Morgan fingerprint density at radius 3 is 2.59 bits per heavy atom. The summed E-state index contributed by atoms with van der Waals surface area (Å²) in [7, 11) is 0. The van der Waals surface area contributed by atoms with Gasteiger partial charge in [0.2, 0.25) is 0 Å². The van der Waals surface area contributed by atoms with Crippen LogP contribution in [0.2, 0.25) is 0 Å². The Balaban J connectivity index is 1.73. The van der Waals surface area contributed by atoms with Crippen molar-refractivity contribution in [2.75, 3.05) is 0 Å². The molecular formula is C18H13F3N4O2. The average molecular weight is 374 g/mol. The molecule has 0 bridgehead atoms. The van der Waals surface area contributed by atoms with Crippen LogP contribution < -0.4 is 10.3 Å². The molecule has 0 saturated heterocycles. The van der Waals surface area contributed by atoms with Gasteiger partial charge in [0.25, 0.3) is 5.56 Å². The summed E-state index contributed by atoms with van der Waals surface area (Å²) in [6, 6.07) is 5.74. The van der Waals surface area contributed by atoms with Crippen molar-refractivity contribution in [2.24, 2.45) is 0 Å². The minimum atomic E-state index is -4.81. The molecule has 0 spiro atoms. The molecule has 0 radical (unpaired) electrons. The van der Waals surface area contributed by atoms with E-state index < -0.39 is 11.9 Å². The van der Waals surface area contributed by atoms with Gasteiger partial charge in [-0.25, -0.2) is 4.98 Å². The second-order valence-electron chi connectivity index (χ2n) is 5.98. The lowest BCUT2D eigenvalue weighted by Gasteiger charge is -2.13. The third-order valence-electron chi connectivity index (χ3n) is 4.12. The highest BCUT2D eigenvalue weighted by Crippen LogP contribution is 2.28. The monoisotopic (exact) mass is 374 g/mol. The first-order chi connectivity index (χ1) is 12.9. The first-order valence-electron chi connectivity index (χ1n) is 8.06. The normalized spacial score (nSPS) is 14.3. The molecule has 0 aliphatic heterocycles. The van der Waals surface area contributed by atoms with Gasteiger partial charge in [-0.3, -0.25) is 9.89 Å². The van der Waals surface area contributed by atoms with Crippen LogP contribution in [0.25, 0.3) is 11.0 Å². The summed E-state index contributed by atoms with van der Waals surface area (Å²) in [4.78, 5) is 19.3. The zero-order valence-corrected chi connectivity index (χ0v) is 13.7. The predicted octanol–water partition coefficient (Wildman–Crippen LogP) is 3.35. The smallest absolute Gasteiger partial charge is 0.405 e. The van der Waals surface area contributed by atoms with Crippen molar-refractivity contribution in [2.45, 2.75) is 18.7 Å². The highest BCUT2D eigenvalue weighted by atomic mass is 19.4. The molecule has 3 aromatic rings. The summed E-state index contributed by atoms with van der Waals surface area (Å²) < 4.78 is 41.8. The molecule has 0 fully saturated rings. The second kappa shape index (κ2) is 6.42. The van der Waals surface area contributed by atoms with E-state index in [9.17, 15) is 18.0 Å². The Morgan fingerprint density at radius 2 is 1.85 bits per heavy atom. The van der Waals surface area contributed by atoms with Crippen molar-refractivity contribution >= 4 is 11.0 Å². The van der Waals surface area contributed by atoms with Crippen LogP contribution in [0.1, 0.15) is 23.0 Å². The maximum atomic E-state index is 12.6. The minimum Gasteiger partial charge on any atom is -0.405 e. The molecule has 27 heavy (non-hydrogen) atoms. The molecule has 0 amide bonds. The van der Waals surface area contributed by atoms with Crippen LogP contribution in [0, 0.1) is 0 Å². The number of benzene rings is 1. The zero-order chi connectivity index (χ0) is 19.0. The number of ether oxygens (including phenoxy) is 1. The number of H-pyrrole nitrogens is 2. The molecule has 9 heteroatoms. The molecule has 2 heterocycles. The van der Waals surface area contributed by atoms with Crippen LogP contribution in [-0.2, 0) is 6.42 Å². The van der Waals surface area contributed by atoms with Gasteiger partial charge >= 0.3 is 6.36 Å². The Labute approximate surface area is 150 Å². The van der Waals surface area contributed by atoms with Crippen molar-refractivity contribution in [3.8, 4) is 5.75 Å². The van der Waals surface area contributed by atoms with Crippen molar-refractivity contribution in [3.63, 3.8) is 0 Å². The van der Waals surface area contributed by atoms with Gasteiger partial charge in [0.1, 0.15) is 17.1 Å². The first kappa shape index (κ1) is 17.1. The molecule has 4 rings (SSSR count). The van der Waals surface area contributed by atoms with E-state index in [1.807, 2.05) is 24.3 Å². The lowest BCUT2D eigenvalue weighted by atomic mass is 10.1. The topological polar surface area (TPSA) is 83.7 Å². The quantitative estimate of drug-likeness (QED) is 0.734. The van der Waals surface area contributed by atoms with Crippen LogP contribution in [0.5, 0.6) is 5.75 Å². The van der Waals surface area contributed by atoms with Gasteiger partial charge in [-0.2, -0.15) is 5.10 Å². The number of rotatable bonds is 4. The molecule has 138 valence electrons. The standard InChI is InChI=1S/C18H13F3N4O2/c19-18(20,21)27-12-8-4-3-7-11(12)9-13-22-15-14(10-5-1-2-6-10)24-25-16(15)17(26)23-13/h1-8,10H,9H2,(H,24,25)(H,22,23,26). The number of alkyl halides is 3. The lowest BCUT2D eigenvalue weighted by Crippen LogP contribution is -2.18. The highest BCUT2D eigenvalue weighted by Gasteiger charge is 2.32. The van der Waals surface area contributed by atoms with Gasteiger partial charge in [0, 0.05) is 17.9 Å². The SMILES string of the molecule is O=c1[nH]c(Cc2ccccc2OC(F)(F)F)nc2c(C3C=CC=C3)[nH]nc12. The number of halogens is 3. The zero-order valence-electron chi connectivity index (χ0n) is 13.7. The van der Waals surface area contributed by atoms with Gasteiger partial charge in [-0.15, -0.1) is 13.2 Å². The minimum absolute atomic E-state index is 0.0294. The number of nitrogens with one attached hydrogen (secondary N) is 2. The largest absolute Gasteiger partial charge is 0.573 e. The molecule has 0 unspecified atom stereocenters. The van der Waals surface area contributed by atoms with Gasteiger partial charge in [0.05, 0.1) is 5.69 Å². The fourth-order valence-corrected chi connectivity index (χ4v) is 2.97. The number of aromatic nitrogens is 4. The Bertz CT molecular complexity index is 1100. The molecule has 0 atom stereocenters. The van der Waals surface area contributed by atoms with E-state index in [1.165, 1.54) is 18.2 Å². The lowest BCUT2D eigenvalue weighted by molar-refractivity contribution is -0.274. The second-order valence-corrected chi connectivity index (χ2v) is 5.98. The average Bonchev–Trinajstić information content (AvgIpc) is 3.24. The van der Waals surface area contributed by atoms with Gasteiger partial charge in [-0.05, 0) is 6.07 Å². The predicted molar refractivity (Wildman–Crippen MR) is 91.5 cm³/mol. The Hall–Kier alpha value is -3.36. The van der Waals surface area contributed by atoms with Crippen molar-refractivity contribution in [1.29, 1.82) is 0 Å². The Morgan fingerprint density at radius 1 is 1.11 bits per heavy atom. The van der Waals surface area contributed by atoms with Crippen molar-refractivity contribution in [1.82, 2.24) is 20.2 Å². The molecule has 6 nitrogen and oxygen atoms in total. The fraction of sp³-hybridized carbons (Fsp3) is 0.167. The molecule has 2 N–H and O–H groups in total. The highest BCUT2D eigenvalue weighted by molar-refractivity contribution is 5.77. The number of hydrogen-bond acceptors (Lipinski definition) is 4. The fourth-order valence-electron chi connectivity index (χ4n) is 2.97. The molecule has 1 aliphatic carbocycles. The maximum absolute atomic E-state index is 12.6. The van der Waals surface area contributed by atoms with Crippen LogP contribution in [0.3, 0.4) is 0 Å². The molecule has 0 saturated carbocycles. The van der Waals surface area contributed by atoms with Gasteiger partial charge in [-0.1, -0.05) is 42.5 Å². The summed E-state index contributed by atoms with van der Waals surface area (Å²) in [6.07, 6.45) is 2.74. The van der Waals surface area contributed by atoms with Gasteiger partial charge < -0.3 is 9.72 Å². The maximum Gasteiger partial charge on any atom is 0.573 e. The third kappa shape index (κ3) is 3.48. The number of aromatic amines is 2. The summed E-state index contributed by atoms with van der Waals surface area (Å²) in [5, 5.41) is 6.83. The summed E-state index contributed by atoms with van der Waals surface area (Å²) in [5.41, 5.74) is 0.995. The van der Waals surface area contributed by atoms with Crippen LogP contribution in [0.4, 0.5) is 13.2 Å². The molecule has 1 aliphatic rings. The van der Waals surface area contributed by atoms with E-state index >= 15 is 0 Å².